The molecule has 2 aromatic carbocycles. The molecule has 4 rings (SSSR count). The third kappa shape index (κ3) is 3.29. The number of anilines is 2. The summed E-state index contributed by atoms with van der Waals surface area (Å²) in [5.41, 5.74) is 0.0769. The summed E-state index contributed by atoms with van der Waals surface area (Å²) in [6, 6.07) is 8.96. The van der Waals surface area contributed by atoms with Crippen LogP contribution in [0.15, 0.2) is 36.4 Å². The van der Waals surface area contributed by atoms with Crippen LogP contribution in [0, 0.1) is 0 Å². The van der Waals surface area contributed by atoms with Crippen molar-refractivity contribution in [3.05, 3.63) is 47.0 Å². The molecule has 2 heterocycles. The first kappa shape index (κ1) is 20.2. The summed E-state index contributed by atoms with van der Waals surface area (Å²) < 4.78 is 11.4. The van der Waals surface area contributed by atoms with Gasteiger partial charge in [0.05, 0.1) is 17.4 Å². The second-order valence-electron chi connectivity index (χ2n) is 7.90. The van der Waals surface area contributed by atoms with Gasteiger partial charge in [-0.15, -0.1) is 0 Å². The molecule has 0 fully saturated rings. The van der Waals surface area contributed by atoms with Crippen LogP contribution in [0.5, 0.6) is 11.5 Å². The largest absolute Gasteiger partial charge is 0.479 e. The number of halogens is 1. The maximum Gasteiger partial charge on any atom is 0.271 e. The molecule has 2 unspecified atom stereocenters. The molecule has 2 amide bonds. The number of nitrogens with one attached hydrogen (secondary N) is 1. The van der Waals surface area contributed by atoms with Crippen molar-refractivity contribution < 1.29 is 23.9 Å². The van der Waals surface area contributed by atoms with Gasteiger partial charge in [-0.25, -0.2) is 0 Å². The molecular weight excluding hydrogens is 408 g/mol. The highest BCUT2D eigenvalue weighted by molar-refractivity contribution is 6.31. The van der Waals surface area contributed by atoms with E-state index in [-0.39, 0.29) is 17.6 Å². The molecule has 2 aliphatic rings. The van der Waals surface area contributed by atoms with Crippen LogP contribution in [0.4, 0.5) is 11.4 Å². The minimum atomic E-state index is -1.14. The monoisotopic (exact) mass is 428 g/mol. The summed E-state index contributed by atoms with van der Waals surface area (Å²) in [6.07, 6.45) is -0.604. The minimum absolute atomic E-state index is 0.283. The van der Waals surface area contributed by atoms with Gasteiger partial charge < -0.3 is 14.8 Å². The lowest BCUT2D eigenvalue weighted by molar-refractivity contribution is -0.133. The summed E-state index contributed by atoms with van der Waals surface area (Å²) >= 11 is 6.13. The van der Waals surface area contributed by atoms with Crippen LogP contribution in [-0.2, 0) is 9.59 Å². The second kappa shape index (κ2) is 7.02. The standard InChI is InChI=1S/C22H21ClN2O5/c1-11(19(26)13-5-7-17-15(9-13)24-20(27)12(2)29-17)25-16-10-14(23)6-8-18(16)30-22(3,4)21(25)28/h5-12H,1-4H3,(H,24,27). The second-order valence-corrected chi connectivity index (χ2v) is 8.34. The third-order valence-corrected chi connectivity index (χ3v) is 5.48. The summed E-state index contributed by atoms with van der Waals surface area (Å²) in [4.78, 5) is 39.8. The maximum absolute atomic E-state index is 13.3. The number of fused-ring (bicyclic) bond motifs is 2. The number of ketones is 1. The lowest BCUT2D eigenvalue weighted by Gasteiger charge is -2.41. The Kier molecular flexibility index (Phi) is 4.73. The molecule has 0 saturated heterocycles. The number of nitrogens with zero attached hydrogens (tertiary/aromatic N) is 1. The van der Waals surface area contributed by atoms with Crippen LogP contribution < -0.4 is 19.7 Å². The average Bonchev–Trinajstić information content (AvgIpc) is 2.69. The van der Waals surface area contributed by atoms with Crippen molar-refractivity contribution in [3.63, 3.8) is 0 Å². The number of ether oxygens (including phenoxy) is 2. The number of rotatable bonds is 3. The van der Waals surface area contributed by atoms with E-state index in [1.807, 2.05) is 0 Å². The molecule has 2 atom stereocenters. The van der Waals surface area contributed by atoms with Crippen LogP contribution in [0.3, 0.4) is 0 Å². The molecule has 2 aliphatic heterocycles. The van der Waals surface area contributed by atoms with Gasteiger partial charge in [0.1, 0.15) is 11.5 Å². The molecule has 2 aromatic rings. The minimum Gasteiger partial charge on any atom is -0.479 e. The van der Waals surface area contributed by atoms with Crippen LogP contribution in [-0.4, -0.2) is 35.3 Å². The van der Waals surface area contributed by atoms with Crippen molar-refractivity contribution in [2.45, 2.75) is 45.4 Å². The first-order valence-electron chi connectivity index (χ1n) is 9.56. The Balaban J connectivity index is 1.71. The van der Waals surface area contributed by atoms with E-state index in [0.717, 1.165) is 0 Å². The van der Waals surface area contributed by atoms with Gasteiger partial charge in [0, 0.05) is 10.6 Å². The fourth-order valence-corrected chi connectivity index (χ4v) is 3.75. The number of hydrogen-bond donors (Lipinski definition) is 1. The van der Waals surface area contributed by atoms with Gasteiger partial charge in [-0.05, 0) is 64.1 Å². The van der Waals surface area contributed by atoms with E-state index < -0.39 is 17.7 Å². The Morgan fingerprint density at radius 2 is 1.87 bits per heavy atom. The summed E-state index contributed by atoms with van der Waals surface area (Å²) in [6.45, 7) is 6.62. The third-order valence-electron chi connectivity index (χ3n) is 5.24. The molecule has 0 spiro atoms. The molecular formula is C22H21ClN2O5. The van der Waals surface area contributed by atoms with Gasteiger partial charge in [0.25, 0.3) is 11.8 Å². The number of benzene rings is 2. The summed E-state index contributed by atoms with van der Waals surface area (Å²) in [5.74, 6) is 0.0498. The SMILES string of the molecule is CC1Oc2ccc(C(=O)C(C)N3C(=O)C(C)(C)Oc4ccc(Cl)cc43)cc2NC1=O. The first-order valence-corrected chi connectivity index (χ1v) is 9.94. The summed E-state index contributed by atoms with van der Waals surface area (Å²) in [5, 5.41) is 3.16. The molecule has 156 valence electrons. The molecule has 0 aliphatic carbocycles. The maximum atomic E-state index is 13.3. The van der Waals surface area contributed by atoms with Crippen molar-refractivity contribution in [1.29, 1.82) is 0 Å². The molecule has 0 bridgehead atoms. The number of carbonyl (C=O) groups excluding carboxylic acids is 3. The highest BCUT2D eigenvalue weighted by atomic mass is 35.5. The van der Waals surface area contributed by atoms with E-state index in [9.17, 15) is 14.4 Å². The Bertz CT molecular complexity index is 1080. The van der Waals surface area contributed by atoms with Crippen molar-refractivity contribution in [3.8, 4) is 11.5 Å². The molecule has 0 aromatic heterocycles. The Labute approximate surface area is 178 Å². The average molecular weight is 429 g/mol. The van der Waals surface area contributed by atoms with Gasteiger partial charge in [0.15, 0.2) is 17.5 Å². The normalized spacial score (nSPS) is 20.3. The van der Waals surface area contributed by atoms with Gasteiger partial charge in [0.2, 0.25) is 0 Å². The van der Waals surface area contributed by atoms with Crippen LogP contribution in [0.1, 0.15) is 38.1 Å². The number of carbonyl (C=O) groups is 3. The van der Waals surface area contributed by atoms with Crippen molar-refractivity contribution in [2.75, 3.05) is 10.2 Å². The number of hydrogen-bond acceptors (Lipinski definition) is 5. The van der Waals surface area contributed by atoms with Crippen LogP contribution in [0.2, 0.25) is 5.02 Å². The summed E-state index contributed by atoms with van der Waals surface area (Å²) in [7, 11) is 0. The predicted molar refractivity (Wildman–Crippen MR) is 113 cm³/mol. The lowest BCUT2D eigenvalue weighted by atomic mass is 9.97. The Morgan fingerprint density at radius 1 is 1.17 bits per heavy atom. The quantitative estimate of drug-likeness (QED) is 0.751. The van der Waals surface area contributed by atoms with Gasteiger partial charge in [-0.2, -0.15) is 0 Å². The molecule has 0 saturated carbocycles. The van der Waals surface area contributed by atoms with Crippen LogP contribution in [0.25, 0.3) is 0 Å². The first-order chi connectivity index (χ1) is 14.1. The van der Waals surface area contributed by atoms with Crippen LogP contribution >= 0.6 is 11.6 Å². The van der Waals surface area contributed by atoms with E-state index in [1.165, 1.54) is 4.90 Å². The molecule has 8 heteroatoms. The zero-order chi connectivity index (χ0) is 21.8. The molecule has 0 radical (unpaired) electrons. The van der Waals surface area contributed by atoms with Gasteiger partial charge >= 0.3 is 0 Å². The van der Waals surface area contributed by atoms with E-state index in [1.54, 1.807) is 64.1 Å². The highest BCUT2D eigenvalue weighted by Gasteiger charge is 2.44. The zero-order valence-electron chi connectivity index (χ0n) is 17.0. The highest BCUT2D eigenvalue weighted by Crippen LogP contribution is 2.41. The fraction of sp³-hybridized carbons (Fsp3) is 0.318. The van der Waals surface area contributed by atoms with Gasteiger partial charge in [-0.1, -0.05) is 11.6 Å². The van der Waals surface area contributed by atoms with E-state index in [2.05, 4.69) is 5.32 Å². The van der Waals surface area contributed by atoms with Gasteiger partial charge in [-0.3, -0.25) is 19.3 Å². The lowest BCUT2D eigenvalue weighted by Crippen LogP contribution is -2.57. The molecule has 7 nitrogen and oxygen atoms in total. The number of amides is 2. The van der Waals surface area contributed by atoms with Crippen molar-refractivity contribution in [1.82, 2.24) is 0 Å². The Hall–Kier alpha value is -3.06. The van der Waals surface area contributed by atoms with Crippen molar-refractivity contribution >= 4 is 40.6 Å². The van der Waals surface area contributed by atoms with Crippen molar-refractivity contribution in [2.24, 2.45) is 0 Å². The Morgan fingerprint density at radius 3 is 2.60 bits per heavy atom. The smallest absolute Gasteiger partial charge is 0.271 e. The number of Topliss-reactive ketones (excluding diaryl/α,β-unsaturated/α-hetero) is 1. The van der Waals surface area contributed by atoms with E-state index in [0.29, 0.717) is 33.5 Å². The zero-order valence-corrected chi connectivity index (χ0v) is 17.7. The molecule has 1 N–H and O–H groups in total. The molecule has 30 heavy (non-hydrogen) atoms. The predicted octanol–water partition coefficient (Wildman–Crippen LogP) is 3.83. The van der Waals surface area contributed by atoms with E-state index in [4.69, 9.17) is 21.1 Å². The fourth-order valence-electron chi connectivity index (χ4n) is 3.59. The topological polar surface area (TPSA) is 84.9 Å². The van der Waals surface area contributed by atoms with E-state index >= 15 is 0 Å².